The van der Waals surface area contributed by atoms with Crippen molar-refractivity contribution in [1.82, 2.24) is 0 Å². The second-order valence-electron chi connectivity index (χ2n) is 11.0. The number of allylic oxidation sites excluding steroid dienone is 5. The fourth-order valence-electron chi connectivity index (χ4n) is 5.58. The van der Waals surface area contributed by atoms with Crippen LogP contribution in [0.2, 0.25) is 0 Å². The number of hydrogen-bond donors (Lipinski definition) is 1. The molecule has 2 N–H and O–H groups in total. The van der Waals surface area contributed by atoms with E-state index in [1.165, 1.54) is 12.0 Å². The second kappa shape index (κ2) is 15.5. The summed E-state index contributed by atoms with van der Waals surface area (Å²) >= 11 is 0. The number of nitrogens with two attached hydrogens (primary N) is 1. The van der Waals surface area contributed by atoms with Crippen LogP contribution < -0.4 is 5.73 Å². The third-order valence-corrected chi connectivity index (χ3v) is 7.67. The molecule has 0 aromatic rings. The van der Waals surface area contributed by atoms with Crippen LogP contribution in [0.1, 0.15) is 91.4 Å². The van der Waals surface area contributed by atoms with E-state index in [4.69, 9.17) is 19.9 Å². The molecule has 5 heteroatoms. The first-order chi connectivity index (χ1) is 17.5. The first-order valence-electron chi connectivity index (χ1n) is 14.3. The molecule has 0 spiro atoms. The number of esters is 1. The van der Waals surface area contributed by atoms with Crippen molar-refractivity contribution in [3.63, 3.8) is 0 Å². The van der Waals surface area contributed by atoms with Crippen LogP contribution in [0.15, 0.2) is 48.1 Å². The SMILES string of the molecule is CC=C1CC2CC(=O)OC(C=CC=CCCCCN)[C@@H](C)C=C[C@H](C)C[C@H]3CCCC(C[C@@H](C1)O2)O3. The molecule has 0 radical (unpaired) electrons. The lowest BCUT2D eigenvalue weighted by Crippen LogP contribution is -2.37. The minimum absolute atomic E-state index is 0.0809. The zero-order valence-electron chi connectivity index (χ0n) is 22.8. The lowest BCUT2D eigenvalue weighted by atomic mass is 9.90. The Bertz CT molecular complexity index is 785. The molecular formula is C31H49NO4. The lowest BCUT2D eigenvalue weighted by Gasteiger charge is -2.37. The predicted molar refractivity (Wildman–Crippen MR) is 147 cm³/mol. The van der Waals surface area contributed by atoms with E-state index >= 15 is 0 Å². The Morgan fingerprint density at radius 2 is 1.69 bits per heavy atom. The molecule has 3 unspecified atom stereocenters. The fourth-order valence-corrected chi connectivity index (χ4v) is 5.58. The van der Waals surface area contributed by atoms with Crippen molar-refractivity contribution in [3.8, 4) is 0 Å². The topological polar surface area (TPSA) is 70.8 Å². The Kier molecular flexibility index (Phi) is 12.5. The quantitative estimate of drug-likeness (QED) is 0.193. The summed E-state index contributed by atoms with van der Waals surface area (Å²) in [4.78, 5) is 13.0. The summed E-state index contributed by atoms with van der Waals surface area (Å²) < 4.78 is 19.0. The van der Waals surface area contributed by atoms with Gasteiger partial charge in [0.2, 0.25) is 0 Å². The van der Waals surface area contributed by atoms with Crippen molar-refractivity contribution in [3.05, 3.63) is 48.1 Å². The summed E-state index contributed by atoms with van der Waals surface area (Å²) in [6.45, 7) is 7.20. The van der Waals surface area contributed by atoms with E-state index in [9.17, 15) is 4.79 Å². The van der Waals surface area contributed by atoms with Gasteiger partial charge in [-0.05, 0) is 83.2 Å². The highest BCUT2D eigenvalue weighted by atomic mass is 16.5. The van der Waals surface area contributed by atoms with Crippen LogP contribution in [0.25, 0.3) is 0 Å². The average molecular weight is 500 g/mol. The molecule has 7 atom stereocenters. The fraction of sp³-hybridized carbons (Fsp3) is 0.710. The lowest BCUT2D eigenvalue weighted by molar-refractivity contribution is -0.154. The molecule has 0 aliphatic carbocycles. The molecular weight excluding hydrogens is 450 g/mol. The van der Waals surface area contributed by atoms with Crippen LogP contribution in [0, 0.1) is 11.8 Å². The Morgan fingerprint density at radius 3 is 2.47 bits per heavy atom. The average Bonchev–Trinajstić information content (AvgIpc) is 2.85. The van der Waals surface area contributed by atoms with Gasteiger partial charge in [-0.2, -0.15) is 0 Å². The minimum Gasteiger partial charge on any atom is -0.457 e. The summed E-state index contributed by atoms with van der Waals surface area (Å²) in [6.07, 6.45) is 25.7. The van der Waals surface area contributed by atoms with Crippen LogP contribution >= 0.6 is 0 Å². The maximum Gasteiger partial charge on any atom is 0.309 e. The summed E-state index contributed by atoms with van der Waals surface area (Å²) in [7, 11) is 0. The molecule has 3 heterocycles. The normalized spacial score (nSPS) is 35.9. The molecule has 2 fully saturated rings. The van der Waals surface area contributed by atoms with Gasteiger partial charge in [-0.1, -0.05) is 55.9 Å². The molecule has 0 aromatic carbocycles. The largest absolute Gasteiger partial charge is 0.457 e. The van der Waals surface area contributed by atoms with E-state index in [1.807, 2.05) is 18.2 Å². The number of rotatable bonds is 6. The molecule has 0 amide bonds. The monoisotopic (exact) mass is 499 g/mol. The zero-order valence-corrected chi connectivity index (χ0v) is 22.8. The molecule has 0 aromatic heterocycles. The molecule has 36 heavy (non-hydrogen) atoms. The van der Waals surface area contributed by atoms with Gasteiger partial charge >= 0.3 is 5.97 Å². The number of ether oxygens (including phenoxy) is 3. The molecule has 3 aliphatic heterocycles. The third-order valence-electron chi connectivity index (χ3n) is 7.67. The number of fused-ring (bicyclic) bond motifs is 4. The summed E-state index contributed by atoms with van der Waals surface area (Å²) in [6, 6.07) is 0. The van der Waals surface area contributed by atoms with Gasteiger partial charge in [0, 0.05) is 12.3 Å². The van der Waals surface area contributed by atoms with Crippen molar-refractivity contribution in [2.45, 2.75) is 122 Å². The molecule has 4 bridgehead atoms. The number of carbonyl (C=O) groups is 1. The van der Waals surface area contributed by atoms with Crippen molar-refractivity contribution >= 4 is 5.97 Å². The third kappa shape index (κ3) is 9.99. The molecule has 5 nitrogen and oxygen atoms in total. The molecule has 3 aliphatic rings. The van der Waals surface area contributed by atoms with Gasteiger partial charge in [0.05, 0.1) is 30.8 Å². The summed E-state index contributed by atoms with van der Waals surface area (Å²) in [5.41, 5.74) is 6.94. The van der Waals surface area contributed by atoms with E-state index < -0.39 is 0 Å². The molecule has 202 valence electrons. The van der Waals surface area contributed by atoms with Crippen LogP contribution in [0.4, 0.5) is 0 Å². The van der Waals surface area contributed by atoms with Crippen molar-refractivity contribution in [2.24, 2.45) is 17.6 Å². The highest BCUT2D eigenvalue weighted by Gasteiger charge is 2.32. The van der Waals surface area contributed by atoms with E-state index in [1.54, 1.807) is 0 Å². The Labute approximate surface area is 219 Å². The Morgan fingerprint density at radius 1 is 0.944 bits per heavy atom. The number of hydrogen-bond acceptors (Lipinski definition) is 5. The predicted octanol–water partition coefficient (Wildman–Crippen LogP) is 6.58. The first kappa shape index (κ1) is 28.9. The van der Waals surface area contributed by atoms with Gasteiger partial charge in [0.1, 0.15) is 6.10 Å². The standard InChI is InChI=1S/C31H49NO4/c1-4-25-19-28-21-27-13-11-12-26(34-27)18-23(2)15-16-24(3)30(14-9-7-5-6-8-10-17-32)36-31(33)22-29(20-25)35-28/h4-5,7,9,14-16,23-24,26-30H,6,8,10-13,17-22,32H2,1-3H3/t23-,24-,26+,27?,28+,29?,30?/m0/s1. The van der Waals surface area contributed by atoms with E-state index in [-0.39, 0.29) is 42.7 Å². The van der Waals surface area contributed by atoms with Crippen LogP contribution in [-0.4, -0.2) is 43.0 Å². The first-order valence-corrected chi connectivity index (χ1v) is 14.3. The smallest absolute Gasteiger partial charge is 0.309 e. The summed E-state index contributed by atoms with van der Waals surface area (Å²) in [5.74, 6) is 0.307. The zero-order chi connectivity index (χ0) is 25.8. The van der Waals surface area contributed by atoms with E-state index in [0.717, 1.165) is 64.3 Å². The maximum atomic E-state index is 13.0. The van der Waals surface area contributed by atoms with Gasteiger partial charge in [0.25, 0.3) is 0 Å². The Hall–Kier alpha value is -1.69. The van der Waals surface area contributed by atoms with E-state index in [2.05, 4.69) is 45.1 Å². The van der Waals surface area contributed by atoms with Crippen molar-refractivity contribution < 1.29 is 19.0 Å². The highest BCUT2D eigenvalue weighted by molar-refractivity contribution is 5.70. The minimum atomic E-state index is -0.307. The molecule has 3 rings (SSSR count). The molecule has 2 saturated heterocycles. The highest BCUT2D eigenvalue weighted by Crippen LogP contribution is 2.33. The summed E-state index contributed by atoms with van der Waals surface area (Å²) in [5, 5.41) is 0. The van der Waals surface area contributed by atoms with Crippen LogP contribution in [-0.2, 0) is 19.0 Å². The number of unbranched alkanes of at least 4 members (excludes halogenated alkanes) is 2. The van der Waals surface area contributed by atoms with Crippen LogP contribution in [0.3, 0.4) is 0 Å². The number of carbonyl (C=O) groups excluding carboxylic acids is 1. The van der Waals surface area contributed by atoms with Gasteiger partial charge < -0.3 is 19.9 Å². The second-order valence-corrected chi connectivity index (χ2v) is 11.0. The van der Waals surface area contributed by atoms with Crippen LogP contribution in [0.5, 0.6) is 0 Å². The van der Waals surface area contributed by atoms with Gasteiger partial charge in [-0.15, -0.1) is 0 Å². The number of cyclic esters (lactones) is 1. The van der Waals surface area contributed by atoms with E-state index in [0.29, 0.717) is 12.0 Å². The van der Waals surface area contributed by atoms with Gasteiger partial charge in [-0.25, -0.2) is 0 Å². The van der Waals surface area contributed by atoms with Crippen molar-refractivity contribution in [1.29, 1.82) is 0 Å². The van der Waals surface area contributed by atoms with Gasteiger partial charge in [0.15, 0.2) is 0 Å². The Balaban J connectivity index is 1.74. The van der Waals surface area contributed by atoms with Crippen molar-refractivity contribution in [2.75, 3.05) is 6.54 Å². The maximum absolute atomic E-state index is 13.0. The molecule has 0 saturated carbocycles. The van der Waals surface area contributed by atoms with Gasteiger partial charge in [-0.3, -0.25) is 4.79 Å².